The molecular formula is C12H17N5S. The van der Waals surface area contributed by atoms with Crippen LogP contribution >= 0.6 is 12.2 Å². The summed E-state index contributed by atoms with van der Waals surface area (Å²) in [5, 5.41) is 10.9. The number of nitrogens with zero attached hydrogens (tertiary/aromatic N) is 2. The highest BCUT2D eigenvalue weighted by Gasteiger charge is 2.14. The average molecular weight is 263 g/mol. The van der Waals surface area contributed by atoms with Crippen molar-refractivity contribution in [2.75, 3.05) is 6.54 Å². The summed E-state index contributed by atoms with van der Waals surface area (Å²) >= 11 is 5.18. The van der Waals surface area contributed by atoms with Gasteiger partial charge in [0.2, 0.25) is 0 Å². The van der Waals surface area contributed by atoms with Gasteiger partial charge in [-0.05, 0) is 30.8 Å². The lowest BCUT2D eigenvalue weighted by Gasteiger charge is -2.23. The van der Waals surface area contributed by atoms with Gasteiger partial charge >= 0.3 is 0 Å². The lowest BCUT2D eigenvalue weighted by Crippen LogP contribution is -2.46. The Bertz CT molecular complexity index is 458. The molecule has 4 N–H and O–H groups in total. The Hall–Kier alpha value is -1.95. The van der Waals surface area contributed by atoms with Crippen LogP contribution in [0, 0.1) is 12.3 Å². The SMILES string of the molecule is C=CCNC(=S)N(Cc1ncccc1C)C(=N)N. The summed E-state index contributed by atoms with van der Waals surface area (Å²) in [6.45, 7) is 6.47. The highest BCUT2D eigenvalue weighted by atomic mass is 32.1. The Balaban J connectivity index is 2.81. The fourth-order valence-corrected chi connectivity index (χ4v) is 1.60. The van der Waals surface area contributed by atoms with Crippen molar-refractivity contribution in [3.8, 4) is 0 Å². The van der Waals surface area contributed by atoms with Crippen LogP contribution in [0.3, 0.4) is 0 Å². The Morgan fingerprint density at radius 1 is 1.72 bits per heavy atom. The highest BCUT2D eigenvalue weighted by Crippen LogP contribution is 2.07. The van der Waals surface area contributed by atoms with Crippen LogP contribution in [0.5, 0.6) is 0 Å². The van der Waals surface area contributed by atoms with Crippen molar-refractivity contribution in [3.63, 3.8) is 0 Å². The molecule has 18 heavy (non-hydrogen) atoms. The van der Waals surface area contributed by atoms with Crippen molar-refractivity contribution in [3.05, 3.63) is 42.2 Å². The summed E-state index contributed by atoms with van der Waals surface area (Å²) in [6, 6.07) is 3.83. The van der Waals surface area contributed by atoms with E-state index in [1.807, 2.05) is 19.1 Å². The van der Waals surface area contributed by atoms with Crippen molar-refractivity contribution in [1.29, 1.82) is 5.41 Å². The van der Waals surface area contributed by atoms with E-state index in [2.05, 4.69) is 16.9 Å². The minimum Gasteiger partial charge on any atom is -0.370 e. The molecule has 1 rings (SSSR count). The summed E-state index contributed by atoms with van der Waals surface area (Å²) in [5.41, 5.74) is 7.42. The van der Waals surface area contributed by atoms with Gasteiger partial charge in [-0.3, -0.25) is 15.3 Å². The Labute approximate surface area is 112 Å². The van der Waals surface area contributed by atoms with Gasteiger partial charge in [0.1, 0.15) is 0 Å². The number of aryl methyl sites for hydroxylation is 1. The summed E-state index contributed by atoms with van der Waals surface area (Å²) in [5.74, 6) is -0.110. The first kappa shape index (κ1) is 14.1. The van der Waals surface area contributed by atoms with Crippen LogP contribution in [0.2, 0.25) is 0 Å². The van der Waals surface area contributed by atoms with Crippen LogP contribution < -0.4 is 11.1 Å². The molecule has 0 aliphatic carbocycles. The summed E-state index contributed by atoms with van der Waals surface area (Å²) in [6.07, 6.45) is 3.40. The van der Waals surface area contributed by atoms with Crippen molar-refractivity contribution in [1.82, 2.24) is 15.2 Å². The molecule has 1 aromatic heterocycles. The third-order valence-corrected chi connectivity index (χ3v) is 2.72. The molecule has 0 saturated carbocycles. The van der Waals surface area contributed by atoms with Crippen molar-refractivity contribution >= 4 is 23.3 Å². The van der Waals surface area contributed by atoms with Gasteiger partial charge in [-0.1, -0.05) is 12.1 Å². The van der Waals surface area contributed by atoms with Crippen LogP contribution in [0.15, 0.2) is 31.0 Å². The predicted molar refractivity (Wildman–Crippen MR) is 77.2 cm³/mol. The van der Waals surface area contributed by atoms with Gasteiger partial charge in [-0.2, -0.15) is 0 Å². The van der Waals surface area contributed by atoms with Crippen LogP contribution in [-0.4, -0.2) is 27.5 Å². The number of guanidine groups is 1. The van der Waals surface area contributed by atoms with Gasteiger partial charge in [-0.15, -0.1) is 6.58 Å². The van der Waals surface area contributed by atoms with Gasteiger partial charge in [0.05, 0.1) is 12.2 Å². The molecule has 0 fully saturated rings. The largest absolute Gasteiger partial charge is 0.370 e. The zero-order chi connectivity index (χ0) is 13.5. The van der Waals surface area contributed by atoms with E-state index in [1.54, 1.807) is 12.3 Å². The molecule has 1 heterocycles. The smallest absolute Gasteiger partial charge is 0.195 e. The highest BCUT2D eigenvalue weighted by molar-refractivity contribution is 7.80. The van der Waals surface area contributed by atoms with E-state index < -0.39 is 0 Å². The minimum absolute atomic E-state index is 0.110. The van der Waals surface area contributed by atoms with E-state index in [0.717, 1.165) is 11.3 Å². The van der Waals surface area contributed by atoms with E-state index in [1.165, 1.54) is 4.90 Å². The maximum atomic E-state index is 7.56. The fraction of sp³-hybridized carbons (Fsp3) is 0.250. The monoisotopic (exact) mass is 263 g/mol. The molecule has 0 saturated heterocycles. The maximum absolute atomic E-state index is 7.56. The van der Waals surface area contributed by atoms with Gasteiger partial charge in [-0.25, -0.2) is 0 Å². The second-order valence-electron chi connectivity index (χ2n) is 3.71. The maximum Gasteiger partial charge on any atom is 0.195 e. The van der Waals surface area contributed by atoms with Crippen LogP contribution in [-0.2, 0) is 6.54 Å². The van der Waals surface area contributed by atoms with E-state index >= 15 is 0 Å². The molecule has 0 aromatic carbocycles. The molecule has 0 bridgehead atoms. The van der Waals surface area contributed by atoms with Crippen LogP contribution in [0.4, 0.5) is 0 Å². The molecule has 0 amide bonds. The predicted octanol–water partition coefficient (Wildman–Crippen LogP) is 1.15. The topological polar surface area (TPSA) is 78.0 Å². The molecule has 96 valence electrons. The van der Waals surface area contributed by atoms with E-state index in [4.69, 9.17) is 23.4 Å². The van der Waals surface area contributed by atoms with E-state index in [-0.39, 0.29) is 5.96 Å². The third kappa shape index (κ3) is 3.81. The Morgan fingerprint density at radius 2 is 2.44 bits per heavy atom. The first-order valence-corrected chi connectivity index (χ1v) is 5.88. The van der Waals surface area contributed by atoms with Gasteiger partial charge in [0, 0.05) is 12.7 Å². The molecule has 0 radical (unpaired) electrons. The molecule has 6 heteroatoms. The lowest BCUT2D eigenvalue weighted by atomic mass is 10.2. The fourth-order valence-electron chi connectivity index (χ4n) is 1.35. The number of nitrogens with two attached hydrogens (primary N) is 1. The summed E-state index contributed by atoms with van der Waals surface area (Å²) < 4.78 is 0. The normalized spacial score (nSPS) is 9.61. The molecule has 0 aliphatic rings. The Kier molecular flexibility index (Phi) is 5.26. The number of aromatic nitrogens is 1. The van der Waals surface area contributed by atoms with Crippen molar-refractivity contribution in [2.24, 2.45) is 5.73 Å². The number of rotatable bonds is 4. The summed E-state index contributed by atoms with van der Waals surface area (Å²) in [4.78, 5) is 5.76. The average Bonchev–Trinajstić information content (AvgIpc) is 2.34. The molecular weight excluding hydrogens is 246 g/mol. The number of nitrogens with one attached hydrogen (secondary N) is 2. The van der Waals surface area contributed by atoms with E-state index in [9.17, 15) is 0 Å². The molecule has 1 aromatic rings. The first-order valence-electron chi connectivity index (χ1n) is 5.47. The molecule has 0 atom stereocenters. The van der Waals surface area contributed by atoms with E-state index in [0.29, 0.717) is 18.2 Å². The Morgan fingerprint density at radius 3 is 3.00 bits per heavy atom. The number of thiocarbonyl (C=S) groups is 1. The third-order valence-electron chi connectivity index (χ3n) is 2.36. The summed E-state index contributed by atoms with van der Waals surface area (Å²) in [7, 11) is 0. The van der Waals surface area contributed by atoms with Crippen LogP contribution in [0.1, 0.15) is 11.3 Å². The molecule has 0 spiro atoms. The minimum atomic E-state index is -0.110. The van der Waals surface area contributed by atoms with Gasteiger partial charge in [0.25, 0.3) is 0 Å². The molecule has 5 nitrogen and oxygen atoms in total. The second-order valence-corrected chi connectivity index (χ2v) is 4.10. The molecule has 0 unspecified atom stereocenters. The lowest BCUT2D eigenvalue weighted by molar-refractivity contribution is 0.568. The zero-order valence-electron chi connectivity index (χ0n) is 10.3. The van der Waals surface area contributed by atoms with Crippen molar-refractivity contribution in [2.45, 2.75) is 13.5 Å². The van der Waals surface area contributed by atoms with Gasteiger partial charge < -0.3 is 11.1 Å². The van der Waals surface area contributed by atoms with Crippen molar-refractivity contribution < 1.29 is 0 Å². The zero-order valence-corrected chi connectivity index (χ0v) is 11.1. The molecule has 0 aliphatic heterocycles. The number of hydrogen-bond acceptors (Lipinski definition) is 3. The number of hydrogen-bond donors (Lipinski definition) is 3. The second kappa shape index (κ2) is 6.70. The standard InChI is InChI=1S/C12H17N5S/c1-3-6-16-12(18)17(11(13)14)8-10-9(2)5-4-7-15-10/h3-5,7H,1,6,8H2,2H3,(H3,13,14)(H,16,18). The quantitative estimate of drug-likeness (QED) is 0.329. The first-order chi connectivity index (χ1) is 8.56. The number of pyridine rings is 1. The van der Waals surface area contributed by atoms with Gasteiger partial charge in [0.15, 0.2) is 11.1 Å². The van der Waals surface area contributed by atoms with Crippen LogP contribution in [0.25, 0.3) is 0 Å².